The van der Waals surface area contributed by atoms with Crippen LogP contribution in [0.3, 0.4) is 0 Å². The van der Waals surface area contributed by atoms with E-state index in [1.165, 1.54) is 0 Å². The van der Waals surface area contributed by atoms with Crippen LogP contribution in [0.25, 0.3) is 0 Å². The number of nitrogens with one attached hydrogen (secondary N) is 1. The van der Waals surface area contributed by atoms with Crippen molar-refractivity contribution in [1.82, 2.24) is 0 Å². The number of rotatable bonds is 1. The fourth-order valence-electron chi connectivity index (χ4n) is 1.77. The minimum atomic E-state index is -2.66. The number of fused-ring (bicyclic) bond motifs is 1. The molecule has 1 nitrogen and oxygen atoms in total. The monoisotopic (exact) mass is 197 g/mol. The molecule has 0 unspecified atom stereocenters. The number of alkyl halides is 2. The van der Waals surface area contributed by atoms with Crippen LogP contribution < -0.4 is 5.32 Å². The first-order chi connectivity index (χ1) is 6.63. The summed E-state index contributed by atoms with van der Waals surface area (Å²) in [4.78, 5) is 0. The number of aryl methyl sites for hydroxylation is 1. The third-order valence-corrected chi connectivity index (χ3v) is 2.64. The Labute approximate surface area is 82.1 Å². The highest BCUT2D eigenvalue weighted by Gasteiger charge is 2.36. The van der Waals surface area contributed by atoms with Gasteiger partial charge in [0.05, 0.1) is 0 Å². The zero-order valence-electron chi connectivity index (χ0n) is 8.11. The summed E-state index contributed by atoms with van der Waals surface area (Å²) in [6, 6.07) is 5.14. The molecule has 76 valence electrons. The predicted molar refractivity (Wildman–Crippen MR) is 52.8 cm³/mol. The van der Waals surface area contributed by atoms with E-state index in [0.29, 0.717) is 12.2 Å². The summed E-state index contributed by atoms with van der Waals surface area (Å²) in [5.74, 6) is -2.66. The van der Waals surface area contributed by atoms with Crippen molar-refractivity contribution in [3.63, 3.8) is 0 Å². The Morgan fingerprint density at radius 1 is 1.43 bits per heavy atom. The zero-order valence-corrected chi connectivity index (χ0v) is 8.11. The van der Waals surface area contributed by atoms with Gasteiger partial charge in [0.2, 0.25) is 0 Å². The van der Waals surface area contributed by atoms with Crippen LogP contribution in [0, 0.1) is 0 Å². The third-order valence-electron chi connectivity index (χ3n) is 2.64. The smallest absolute Gasteiger partial charge is 0.276 e. The molecule has 0 aliphatic carbocycles. The first-order valence-corrected chi connectivity index (χ1v) is 4.88. The average Bonchev–Trinajstić information content (AvgIpc) is 2.16. The molecule has 2 rings (SSSR count). The van der Waals surface area contributed by atoms with E-state index in [0.717, 1.165) is 12.0 Å². The lowest BCUT2D eigenvalue weighted by Crippen LogP contribution is -2.25. The van der Waals surface area contributed by atoms with Crippen LogP contribution in [0.5, 0.6) is 0 Å². The second kappa shape index (κ2) is 3.23. The van der Waals surface area contributed by atoms with Crippen LogP contribution in [0.4, 0.5) is 14.5 Å². The van der Waals surface area contributed by atoms with Gasteiger partial charge in [-0.3, -0.25) is 0 Å². The molecule has 0 amide bonds. The molecular weight excluding hydrogens is 184 g/mol. The Morgan fingerprint density at radius 3 is 2.93 bits per heavy atom. The van der Waals surface area contributed by atoms with Crippen molar-refractivity contribution < 1.29 is 8.78 Å². The lowest BCUT2D eigenvalue weighted by Gasteiger charge is -2.26. The van der Waals surface area contributed by atoms with E-state index in [9.17, 15) is 8.78 Å². The van der Waals surface area contributed by atoms with Crippen LogP contribution in [0.15, 0.2) is 18.2 Å². The van der Waals surface area contributed by atoms with Crippen molar-refractivity contribution in [3.8, 4) is 0 Å². The molecule has 1 aliphatic heterocycles. The number of hydrogen-bond donors (Lipinski definition) is 1. The Hall–Kier alpha value is -1.12. The van der Waals surface area contributed by atoms with Gasteiger partial charge < -0.3 is 5.32 Å². The van der Waals surface area contributed by atoms with E-state index in [4.69, 9.17) is 0 Å². The van der Waals surface area contributed by atoms with Crippen LogP contribution >= 0.6 is 0 Å². The molecular formula is C11H13F2N. The minimum absolute atomic E-state index is 0.106. The highest BCUT2D eigenvalue weighted by atomic mass is 19.3. The molecule has 1 N–H and O–H groups in total. The average molecular weight is 197 g/mol. The van der Waals surface area contributed by atoms with Gasteiger partial charge in [0.15, 0.2) is 0 Å². The van der Waals surface area contributed by atoms with Crippen molar-refractivity contribution in [2.24, 2.45) is 0 Å². The van der Waals surface area contributed by atoms with E-state index >= 15 is 0 Å². The topological polar surface area (TPSA) is 12.0 Å². The molecule has 0 bridgehead atoms. The van der Waals surface area contributed by atoms with Gasteiger partial charge in [-0.2, -0.15) is 0 Å². The Morgan fingerprint density at radius 2 is 2.21 bits per heavy atom. The normalized spacial score (nSPS) is 18.5. The zero-order chi connectivity index (χ0) is 10.2. The van der Waals surface area contributed by atoms with Crippen LogP contribution in [-0.4, -0.2) is 6.54 Å². The summed E-state index contributed by atoms with van der Waals surface area (Å²) in [5.41, 5.74) is 1.83. The summed E-state index contributed by atoms with van der Waals surface area (Å²) in [5, 5.41) is 3.01. The Balaban J connectivity index is 2.46. The highest BCUT2D eigenvalue weighted by Crippen LogP contribution is 2.39. The summed E-state index contributed by atoms with van der Waals surface area (Å²) >= 11 is 0. The number of halogens is 2. The van der Waals surface area contributed by atoms with Gasteiger partial charge in [0.25, 0.3) is 5.92 Å². The summed E-state index contributed by atoms with van der Waals surface area (Å²) in [6.45, 7) is 2.37. The van der Waals surface area contributed by atoms with Gasteiger partial charge >= 0.3 is 0 Å². The van der Waals surface area contributed by atoms with E-state index in [1.807, 2.05) is 13.0 Å². The standard InChI is InChI=1S/C11H13F2N/c1-2-8-3-4-9-10(7-8)14-6-5-11(9,12)13/h3-4,7,14H,2,5-6H2,1H3. The second-order valence-electron chi connectivity index (χ2n) is 3.61. The van der Waals surface area contributed by atoms with Crippen LogP contribution in [0.2, 0.25) is 0 Å². The van der Waals surface area contributed by atoms with Crippen molar-refractivity contribution in [2.45, 2.75) is 25.7 Å². The third kappa shape index (κ3) is 1.47. The molecule has 0 saturated heterocycles. The fraction of sp³-hybridized carbons (Fsp3) is 0.455. The second-order valence-corrected chi connectivity index (χ2v) is 3.61. The van der Waals surface area contributed by atoms with E-state index in [-0.39, 0.29) is 12.0 Å². The molecule has 0 atom stereocenters. The molecule has 0 radical (unpaired) electrons. The predicted octanol–water partition coefficient (Wildman–Crippen LogP) is 3.16. The molecule has 0 saturated carbocycles. The molecule has 1 aromatic carbocycles. The van der Waals surface area contributed by atoms with Gasteiger partial charge in [-0.1, -0.05) is 19.1 Å². The number of hydrogen-bond acceptors (Lipinski definition) is 1. The number of anilines is 1. The summed E-state index contributed by atoms with van der Waals surface area (Å²) in [6.07, 6.45) is 0.770. The highest BCUT2D eigenvalue weighted by molar-refractivity contribution is 5.57. The van der Waals surface area contributed by atoms with E-state index in [1.54, 1.807) is 12.1 Å². The molecule has 0 aromatic heterocycles. The first kappa shape index (κ1) is 9.44. The fourth-order valence-corrected chi connectivity index (χ4v) is 1.77. The molecule has 1 heterocycles. The Bertz CT molecular complexity index is 347. The molecule has 1 aromatic rings. The SMILES string of the molecule is CCc1ccc2c(c1)NCCC2(F)F. The van der Waals surface area contributed by atoms with Crippen molar-refractivity contribution in [2.75, 3.05) is 11.9 Å². The molecule has 14 heavy (non-hydrogen) atoms. The van der Waals surface area contributed by atoms with Gasteiger partial charge in [0.1, 0.15) is 0 Å². The minimum Gasteiger partial charge on any atom is -0.384 e. The first-order valence-electron chi connectivity index (χ1n) is 4.88. The number of benzene rings is 1. The molecule has 0 spiro atoms. The van der Waals surface area contributed by atoms with Gasteiger partial charge in [-0.15, -0.1) is 0 Å². The van der Waals surface area contributed by atoms with E-state index < -0.39 is 5.92 Å². The molecule has 1 aliphatic rings. The summed E-state index contributed by atoms with van der Waals surface area (Å²) in [7, 11) is 0. The maximum atomic E-state index is 13.4. The Kier molecular flexibility index (Phi) is 2.17. The molecule has 3 heteroatoms. The lowest BCUT2D eigenvalue weighted by atomic mass is 9.97. The largest absolute Gasteiger partial charge is 0.384 e. The maximum absolute atomic E-state index is 13.4. The molecule has 0 fully saturated rings. The van der Waals surface area contributed by atoms with Crippen LogP contribution in [0.1, 0.15) is 24.5 Å². The van der Waals surface area contributed by atoms with Gasteiger partial charge in [0, 0.05) is 24.2 Å². The van der Waals surface area contributed by atoms with Crippen molar-refractivity contribution in [3.05, 3.63) is 29.3 Å². The van der Waals surface area contributed by atoms with Gasteiger partial charge in [-0.25, -0.2) is 8.78 Å². The van der Waals surface area contributed by atoms with Gasteiger partial charge in [-0.05, 0) is 18.1 Å². The van der Waals surface area contributed by atoms with E-state index in [2.05, 4.69) is 5.32 Å². The summed E-state index contributed by atoms with van der Waals surface area (Å²) < 4.78 is 26.8. The maximum Gasteiger partial charge on any atom is 0.276 e. The van der Waals surface area contributed by atoms with Crippen LogP contribution in [-0.2, 0) is 12.3 Å². The van der Waals surface area contributed by atoms with Crippen molar-refractivity contribution >= 4 is 5.69 Å². The quantitative estimate of drug-likeness (QED) is 0.729. The lowest BCUT2D eigenvalue weighted by molar-refractivity contribution is -0.0122. The van der Waals surface area contributed by atoms with Crippen molar-refractivity contribution in [1.29, 1.82) is 0 Å².